The summed E-state index contributed by atoms with van der Waals surface area (Å²) in [5, 5.41) is 11.1. The first-order chi connectivity index (χ1) is 11.7. The molecule has 0 aliphatic rings. The first-order valence-electron chi connectivity index (χ1n) is 8.70. The molecule has 0 amide bonds. The third-order valence-electron chi connectivity index (χ3n) is 4.12. The smallest absolute Gasteiger partial charge is 0.0932 e. The van der Waals surface area contributed by atoms with Crippen LogP contribution in [0.15, 0.2) is 46.4 Å². The van der Waals surface area contributed by atoms with E-state index < -0.39 is 0 Å². The minimum absolute atomic E-state index is 0.945. The number of nitrogens with zero attached hydrogens (tertiary/aromatic N) is 3. The Morgan fingerprint density at radius 2 is 1.20 bits per heavy atom. The summed E-state index contributed by atoms with van der Waals surface area (Å²) in [5.74, 6) is 0. The molecule has 0 saturated carbocycles. The fourth-order valence-electron chi connectivity index (χ4n) is 3.34. The van der Waals surface area contributed by atoms with Crippen LogP contribution in [0.5, 0.6) is 0 Å². The maximum atomic E-state index is 4.59. The number of anilines is 1. The summed E-state index contributed by atoms with van der Waals surface area (Å²) in [4.78, 5) is 0. The number of benzene rings is 2. The van der Waals surface area contributed by atoms with Gasteiger partial charge in [0.1, 0.15) is 0 Å². The predicted molar refractivity (Wildman–Crippen MR) is 108 cm³/mol. The van der Waals surface area contributed by atoms with Gasteiger partial charge in [-0.1, -0.05) is 46.2 Å². The van der Waals surface area contributed by atoms with Crippen molar-refractivity contribution in [3.05, 3.63) is 69.4 Å². The average molecular weight is 335 g/mol. The molecule has 3 heteroatoms. The summed E-state index contributed by atoms with van der Waals surface area (Å²) < 4.78 is 0. The SMILES string of the molecule is CC(C)=CN(N=Nc1c(C)cc(C)cc1C)c1c(C)cc(C)cc1C. The van der Waals surface area contributed by atoms with E-state index in [1.807, 2.05) is 11.2 Å². The number of allylic oxidation sites excluding steroid dienone is 1. The van der Waals surface area contributed by atoms with Crippen LogP contribution in [0.25, 0.3) is 0 Å². The zero-order valence-electron chi connectivity index (χ0n) is 16.7. The van der Waals surface area contributed by atoms with Gasteiger partial charge in [0, 0.05) is 6.20 Å². The van der Waals surface area contributed by atoms with Crippen molar-refractivity contribution in [2.75, 3.05) is 5.01 Å². The normalized spacial score (nSPS) is 11.0. The van der Waals surface area contributed by atoms with Crippen molar-refractivity contribution in [1.29, 1.82) is 0 Å². The number of rotatable bonds is 4. The summed E-state index contributed by atoms with van der Waals surface area (Å²) >= 11 is 0. The molecular weight excluding hydrogens is 306 g/mol. The van der Waals surface area contributed by atoms with E-state index in [-0.39, 0.29) is 0 Å². The third kappa shape index (κ3) is 4.56. The predicted octanol–water partition coefficient (Wildman–Crippen LogP) is 6.97. The summed E-state index contributed by atoms with van der Waals surface area (Å²) in [7, 11) is 0. The van der Waals surface area contributed by atoms with Gasteiger partial charge < -0.3 is 0 Å². The number of hydrogen-bond donors (Lipinski definition) is 0. The second-order valence-electron chi connectivity index (χ2n) is 7.24. The molecular formula is C22H29N3. The van der Waals surface area contributed by atoms with Crippen LogP contribution in [-0.4, -0.2) is 0 Å². The monoisotopic (exact) mass is 335 g/mol. The fourth-order valence-corrected chi connectivity index (χ4v) is 3.34. The molecule has 0 N–H and O–H groups in total. The maximum Gasteiger partial charge on any atom is 0.0932 e. The van der Waals surface area contributed by atoms with Gasteiger partial charge >= 0.3 is 0 Å². The van der Waals surface area contributed by atoms with Crippen molar-refractivity contribution in [3.63, 3.8) is 0 Å². The van der Waals surface area contributed by atoms with Crippen LogP contribution in [0, 0.1) is 41.5 Å². The summed E-state index contributed by atoms with van der Waals surface area (Å²) in [5.41, 5.74) is 10.4. The van der Waals surface area contributed by atoms with Crippen molar-refractivity contribution >= 4 is 11.4 Å². The summed E-state index contributed by atoms with van der Waals surface area (Å²) in [6.45, 7) is 16.8. The Morgan fingerprint density at radius 3 is 1.64 bits per heavy atom. The van der Waals surface area contributed by atoms with Crippen molar-refractivity contribution < 1.29 is 0 Å². The number of hydrogen-bond acceptors (Lipinski definition) is 2. The molecule has 0 aromatic heterocycles. The standard InChI is InChI=1S/C22H29N3/c1-14(2)13-25(22-19(7)11-16(4)12-20(22)8)24-23-21-17(5)9-15(3)10-18(21)6/h9-13H,1-8H3. The van der Waals surface area contributed by atoms with E-state index in [0.717, 1.165) is 22.5 Å². The van der Waals surface area contributed by atoms with Gasteiger partial charge in [0.2, 0.25) is 0 Å². The first-order valence-corrected chi connectivity index (χ1v) is 8.70. The third-order valence-corrected chi connectivity index (χ3v) is 4.12. The van der Waals surface area contributed by atoms with Gasteiger partial charge in [-0.2, -0.15) is 0 Å². The molecule has 0 saturated heterocycles. The highest BCUT2D eigenvalue weighted by Gasteiger charge is 2.11. The van der Waals surface area contributed by atoms with Crippen molar-refractivity contribution in [2.24, 2.45) is 10.3 Å². The minimum Gasteiger partial charge on any atom is -0.222 e. The molecule has 25 heavy (non-hydrogen) atoms. The van der Waals surface area contributed by atoms with Crippen LogP contribution in [-0.2, 0) is 0 Å². The van der Waals surface area contributed by atoms with Crippen molar-refractivity contribution in [2.45, 2.75) is 55.4 Å². The maximum absolute atomic E-state index is 4.59. The van der Waals surface area contributed by atoms with Gasteiger partial charge in [-0.15, -0.1) is 5.11 Å². The topological polar surface area (TPSA) is 28.0 Å². The van der Waals surface area contributed by atoms with Crippen LogP contribution in [0.1, 0.15) is 47.2 Å². The molecule has 0 unspecified atom stereocenters. The average Bonchev–Trinajstić information content (AvgIpc) is 2.43. The largest absolute Gasteiger partial charge is 0.222 e. The van der Waals surface area contributed by atoms with Gasteiger partial charge in [-0.25, -0.2) is 5.01 Å². The molecule has 0 spiro atoms. The highest BCUT2D eigenvalue weighted by Crippen LogP contribution is 2.30. The van der Waals surface area contributed by atoms with Crippen LogP contribution in [0.4, 0.5) is 11.4 Å². The Hall–Kier alpha value is -2.42. The minimum atomic E-state index is 0.945. The van der Waals surface area contributed by atoms with E-state index in [4.69, 9.17) is 0 Å². The summed E-state index contributed by atoms with van der Waals surface area (Å²) in [6.07, 6.45) is 2.03. The lowest BCUT2D eigenvalue weighted by molar-refractivity contribution is 0.937. The van der Waals surface area contributed by atoms with E-state index in [9.17, 15) is 0 Å². The molecule has 0 fully saturated rings. The zero-order valence-corrected chi connectivity index (χ0v) is 16.7. The van der Waals surface area contributed by atoms with Crippen LogP contribution in [0.2, 0.25) is 0 Å². The van der Waals surface area contributed by atoms with E-state index in [1.54, 1.807) is 0 Å². The molecule has 0 aliphatic carbocycles. The molecule has 3 nitrogen and oxygen atoms in total. The van der Waals surface area contributed by atoms with E-state index in [1.165, 1.54) is 27.8 Å². The van der Waals surface area contributed by atoms with E-state index in [2.05, 4.69) is 90.0 Å². The molecule has 2 aromatic carbocycles. The molecule has 2 aromatic rings. The quantitative estimate of drug-likeness (QED) is 0.438. The van der Waals surface area contributed by atoms with Crippen LogP contribution in [0.3, 0.4) is 0 Å². The zero-order chi connectivity index (χ0) is 18.7. The highest BCUT2D eigenvalue weighted by molar-refractivity contribution is 5.61. The molecule has 0 aliphatic heterocycles. The Morgan fingerprint density at radius 1 is 0.760 bits per heavy atom. The molecule has 0 atom stereocenters. The lowest BCUT2D eigenvalue weighted by Crippen LogP contribution is -2.11. The molecule has 0 heterocycles. The summed E-state index contributed by atoms with van der Waals surface area (Å²) in [6, 6.07) is 8.67. The van der Waals surface area contributed by atoms with Gasteiger partial charge in [0.05, 0.1) is 11.4 Å². The Bertz CT molecular complexity index is 794. The van der Waals surface area contributed by atoms with Gasteiger partial charge in [-0.05, 0) is 77.6 Å². The van der Waals surface area contributed by atoms with Gasteiger partial charge in [-0.3, -0.25) is 0 Å². The van der Waals surface area contributed by atoms with Crippen LogP contribution >= 0.6 is 0 Å². The van der Waals surface area contributed by atoms with E-state index in [0.29, 0.717) is 0 Å². The fraction of sp³-hybridized carbons (Fsp3) is 0.364. The number of aryl methyl sites for hydroxylation is 6. The lowest BCUT2D eigenvalue weighted by Gasteiger charge is -2.20. The second-order valence-corrected chi connectivity index (χ2v) is 7.24. The molecule has 0 bridgehead atoms. The highest BCUT2D eigenvalue weighted by atomic mass is 15.5. The Balaban J connectivity index is 2.53. The molecule has 2 rings (SSSR count). The Kier molecular flexibility index (Phi) is 5.78. The van der Waals surface area contributed by atoms with Gasteiger partial charge in [0.25, 0.3) is 0 Å². The van der Waals surface area contributed by atoms with Crippen molar-refractivity contribution in [3.8, 4) is 0 Å². The molecule has 0 radical (unpaired) electrons. The van der Waals surface area contributed by atoms with Crippen molar-refractivity contribution in [1.82, 2.24) is 0 Å². The second kappa shape index (κ2) is 7.64. The van der Waals surface area contributed by atoms with E-state index >= 15 is 0 Å². The first kappa shape index (κ1) is 18.9. The lowest BCUT2D eigenvalue weighted by atomic mass is 10.0. The van der Waals surface area contributed by atoms with Gasteiger partial charge in [0.15, 0.2) is 0 Å². The van der Waals surface area contributed by atoms with Crippen LogP contribution < -0.4 is 5.01 Å². The Labute approximate surface area is 152 Å². The molecule has 132 valence electrons.